The van der Waals surface area contributed by atoms with Crippen molar-refractivity contribution < 1.29 is 0 Å². The molecule has 0 aromatic heterocycles. The molecule has 0 heteroatoms. The molecule has 0 nitrogen and oxygen atoms in total. The van der Waals surface area contributed by atoms with Crippen LogP contribution in [0.25, 0.3) is 10.8 Å². The molecule has 0 heterocycles. The van der Waals surface area contributed by atoms with Crippen molar-refractivity contribution in [3.05, 3.63) is 46.5 Å². The highest BCUT2D eigenvalue weighted by atomic mass is 14.1. The fourth-order valence-electron chi connectivity index (χ4n) is 2.71. The smallest absolute Gasteiger partial charge is 0.0125 e. The Morgan fingerprint density at radius 1 is 0.667 bits per heavy atom. The van der Waals surface area contributed by atoms with E-state index in [0.29, 0.717) is 11.8 Å². The minimum Gasteiger partial charge on any atom is -0.0587 e. The predicted molar refractivity (Wildman–Crippen MR) is 81.6 cm³/mol. The van der Waals surface area contributed by atoms with Crippen LogP contribution < -0.4 is 0 Å². The van der Waals surface area contributed by atoms with Crippen molar-refractivity contribution >= 4 is 10.8 Å². The van der Waals surface area contributed by atoms with E-state index in [9.17, 15) is 0 Å². The summed E-state index contributed by atoms with van der Waals surface area (Å²) in [5.41, 5.74) is 5.70. The van der Waals surface area contributed by atoms with Crippen molar-refractivity contribution in [2.75, 3.05) is 0 Å². The molecule has 0 aliphatic heterocycles. The first-order valence-electron chi connectivity index (χ1n) is 6.95. The molecule has 0 radical (unpaired) electrons. The highest BCUT2D eigenvalue weighted by Gasteiger charge is 2.09. The molecule has 0 saturated heterocycles. The quantitative estimate of drug-likeness (QED) is 0.631. The van der Waals surface area contributed by atoms with E-state index in [2.05, 4.69) is 65.8 Å². The van der Waals surface area contributed by atoms with Gasteiger partial charge in [0.25, 0.3) is 0 Å². The molecular weight excluding hydrogens is 216 g/mol. The Labute approximate surface area is 111 Å². The monoisotopic (exact) mass is 240 g/mol. The topological polar surface area (TPSA) is 0 Å². The molecule has 0 atom stereocenters. The SMILES string of the molecule is Cc1cc(C(C)C)cc2cc(C(C)C)cc(C)c12. The Hall–Kier alpha value is -1.30. The maximum atomic E-state index is 2.37. The van der Waals surface area contributed by atoms with Gasteiger partial charge in [0.15, 0.2) is 0 Å². The lowest BCUT2D eigenvalue weighted by Crippen LogP contribution is -1.94. The van der Waals surface area contributed by atoms with Gasteiger partial charge in [0, 0.05) is 0 Å². The molecule has 2 aromatic rings. The third-order valence-corrected chi connectivity index (χ3v) is 3.82. The first-order valence-corrected chi connectivity index (χ1v) is 6.95. The van der Waals surface area contributed by atoms with Crippen molar-refractivity contribution in [2.45, 2.75) is 53.4 Å². The van der Waals surface area contributed by atoms with Crippen molar-refractivity contribution in [1.29, 1.82) is 0 Å². The van der Waals surface area contributed by atoms with Crippen molar-refractivity contribution in [2.24, 2.45) is 0 Å². The summed E-state index contributed by atoms with van der Waals surface area (Å²) >= 11 is 0. The summed E-state index contributed by atoms with van der Waals surface area (Å²) in [5.74, 6) is 1.19. The first kappa shape index (κ1) is 13.1. The van der Waals surface area contributed by atoms with Gasteiger partial charge in [-0.3, -0.25) is 0 Å². The molecule has 2 rings (SSSR count). The van der Waals surface area contributed by atoms with E-state index in [1.807, 2.05) is 0 Å². The van der Waals surface area contributed by atoms with Gasteiger partial charge >= 0.3 is 0 Å². The van der Waals surface area contributed by atoms with Crippen LogP contribution in [0.1, 0.15) is 61.8 Å². The third kappa shape index (κ3) is 2.29. The van der Waals surface area contributed by atoms with Crippen LogP contribution in [0.2, 0.25) is 0 Å². The second-order valence-electron chi connectivity index (χ2n) is 6.08. The van der Waals surface area contributed by atoms with Crippen molar-refractivity contribution in [3.63, 3.8) is 0 Å². The van der Waals surface area contributed by atoms with E-state index in [0.717, 1.165) is 0 Å². The standard InChI is InChI=1S/C18H24/c1-11(2)15-7-13(5)18-14(6)8-16(12(3)4)10-17(18)9-15/h7-12H,1-6H3. The summed E-state index contributed by atoms with van der Waals surface area (Å²) in [5, 5.41) is 2.84. The van der Waals surface area contributed by atoms with E-state index in [1.54, 1.807) is 0 Å². The Morgan fingerprint density at radius 3 is 1.39 bits per heavy atom. The predicted octanol–water partition coefficient (Wildman–Crippen LogP) is 5.70. The molecule has 0 fully saturated rings. The van der Waals surface area contributed by atoms with Gasteiger partial charge in [-0.1, -0.05) is 52.0 Å². The summed E-state index contributed by atoms with van der Waals surface area (Å²) in [7, 11) is 0. The molecule has 0 bridgehead atoms. The van der Waals surface area contributed by atoms with Gasteiger partial charge in [-0.05, 0) is 58.7 Å². The second kappa shape index (κ2) is 4.76. The summed E-state index contributed by atoms with van der Waals surface area (Å²) in [6.45, 7) is 13.5. The van der Waals surface area contributed by atoms with E-state index in [4.69, 9.17) is 0 Å². The van der Waals surface area contributed by atoms with Crippen LogP contribution in [-0.4, -0.2) is 0 Å². The molecule has 2 aromatic carbocycles. The first-order chi connectivity index (χ1) is 8.40. The maximum Gasteiger partial charge on any atom is -0.0125 e. The average Bonchev–Trinajstić information content (AvgIpc) is 2.27. The van der Waals surface area contributed by atoms with Crippen molar-refractivity contribution in [3.8, 4) is 0 Å². The van der Waals surface area contributed by atoms with Gasteiger partial charge < -0.3 is 0 Å². The van der Waals surface area contributed by atoms with Crippen LogP contribution in [0.5, 0.6) is 0 Å². The number of benzene rings is 2. The molecule has 0 aliphatic carbocycles. The zero-order chi connectivity index (χ0) is 13.4. The molecule has 0 amide bonds. The van der Waals surface area contributed by atoms with Crippen LogP contribution in [0.4, 0.5) is 0 Å². The highest BCUT2D eigenvalue weighted by molar-refractivity contribution is 5.90. The average molecular weight is 240 g/mol. The summed E-state index contributed by atoms with van der Waals surface area (Å²) in [4.78, 5) is 0. The van der Waals surface area contributed by atoms with E-state index >= 15 is 0 Å². The number of aryl methyl sites for hydroxylation is 2. The molecule has 96 valence electrons. The zero-order valence-electron chi connectivity index (χ0n) is 12.5. The third-order valence-electron chi connectivity index (χ3n) is 3.82. The molecular formula is C18H24. The largest absolute Gasteiger partial charge is 0.0587 e. The number of fused-ring (bicyclic) bond motifs is 1. The fourth-order valence-corrected chi connectivity index (χ4v) is 2.71. The summed E-state index contributed by atoms with van der Waals surface area (Å²) in [6, 6.07) is 9.42. The zero-order valence-corrected chi connectivity index (χ0v) is 12.5. The van der Waals surface area contributed by atoms with Crippen LogP contribution >= 0.6 is 0 Å². The minimum absolute atomic E-state index is 0.594. The van der Waals surface area contributed by atoms with Gasteiger partial charge in [0.1, 0.15) is 0 Å². The number of rotatable bonds is 2. The van der Waals surface area contributed by atoms with Gasteiger partial charge in [0.2, 0.25) is 0 Å². The Balaban J connectivity index is 2.76. The summed E-state index contributed by atoms with van der Waals surface area (Å²) < 4.78 is 0. The molecule has 0 spiro atoms. The molecule has 0 aliphatic rings. The van der Waals surface area contributed by atoms with Gasteiger partial charge in [-0.15, -0.1) is 0 Å². The lowest BCUT2D eigenvalue weighted by atomic mass is 9.90. The molecule has 0 saturated carbocycles. The van der Waals surface area contributed by atoms with Gasteiger partial charge in [-0.25, -0.2) is 0 Å². The lowest BCUT2D eigenvalue weighted by molar-refractivity contribution is 0.862. The maximum absolute atomic E-state index is 2.37. The second-order valence-corrected chi connectivity index (χ2v) is 6.08. The normalized spacial score (nSPS) is 11.8. The molecule has 18 heavy (non-hydrogen) atoms. The Kier molecular flexibility index (Phi) is 3.47. The number of hydrogen-bond acceptors (Lipinski definition) is 0. The molecule has 0 unspecified atom stereocenters. The van der Waals surface area contributed by atoms with Crippen LogP contribution in [0, 0.1) is 13.8 Å². The van der Waals surface area contributed by atoms with Gasteiger partial charge in [0.05, 0.1) is 0 Å². The summed E-state index contributed by atoms with van der Waals surface area (Å²) in [6.07, 6.45) is 0. The van der Waals surface area contributed by atoms with Crippen LogP contribution in [0.15, 0.2) is 24.3 Å². The van der Waals surface area contributed by atoms with E-state index in [-0.39, 0.29) is 0 Å². The van der Waals surface area contributed by atoms with E-state index < -0.39 is 0 Å². The Morgan fingerprint density at radius 2 is 1.06 bits per heavy atom. The highest BCUT2D eigenvalue weighted by Crippen LogP contribution is 2.30. The van der Waals surface area contributed by atoms with E-state index in [1.165, 1.54) is 33.0 Å². The van der Waals surface area contributed by atoms with Crippen molar-refractivity contribution in [1.82, 2.24) is 0 Å². The van der Waals surface area contributed by atoms with Gasteiger partial charge in [-0.2, -0.15) is 0 Å². The minimum atomic E-state index is 0.594. The fraction of sp³-hybridized carbons (Fsp3) is 0.444. The van der Waals surface area contributed by atoms with Crippen LogP contribution in [0.3, 0.4) is 0 Å². The van der Waals surface area contributed by atoms with Crippen LogP contribution in [-0.2, 0) is 0 Å². The molecule has 0 N–H and O–H groups in total. The lowest BCUT2D eigenvalue weighted by Gasteiger charge is -2.15. The number of hydrogen-bond donors (Lipinski definition) is 0. The Bertz CT molecular complexity index is 525.